The Hall–Kier alpha value is -2.48. The first-order chi connectivity index (χ1) is 11.9. The fraction of sp³-hybridized carbons (Fsp3) is 0.294. The fourth-order valence-corrected chi connectivity index (χ4v) is 2.51. The number of imidazole rings is 1. The van der Waals surface area contributed by atoms with E-state index in [4.69, 9.17) is 9.47 Å². The van der Waals surface area contributed by atoms with Crippen LogP contribution in [0.15, 0.2) is 35.1 Å². The highest BCUT2D eigenvalue weighted by molar-refractivity contribution is 9.10. The van der Waals surface area contributed by atoms with Gasteiger partial charge in [-0.2, -0.15) is 0 Å². The molecule has 8 heteroatoms. The third-order valence-electron chi connectivity index (χ3n) is 3.32. The van der Waals surface area contributed by atoms with Gasteiger partial charge < -0.3 is 14.5 Å². The summed E-state index contributed by atoms with van der Waals surface area (Å²) in [5, 5.41) is 0. The lowest BCUT2D eigenvalue weighted by Gasteiger charge is -2.11. The van der Waals surface area contributed by atoms with Crippen molar-refractivity contribution in [2.24, 2.45) is 0 Å². The van der Waals surface area contributed by atoms with Crippen molar-refractivity contribution >= 4 is 33.1 Å². The Kier molecular flexibility index (Phi) is 4.98. The number of hydrogen-bond acceptors (Lipinski definition) is 6. The first kappa shape index (κ1) is 17.3. The lowest BCUT2D eigenvalue weighted by Crippen LogP contribution is -2.11. The number of ether oxygens (including phenoxy) is 2. The molecule has 130 valence electrons. The highest BCUT2D eigenvalue weighted by Gasteiger charge is 2.18. The molecule has 0 saturated carbocycles. The molecule has 0 spiro atoms. The Morgan fingerprint density at radius 3 is 2.68 bits per heavy atom. The zero-order valence-electron chi connectivity index (χ0n) is 14.0. The molecular weight excluding hydrogens is 388 g/mol. The number of nitrogens with one attached hydrogen (secondary N) is 1. The molecule has 0 bridgehead atoms. The van der Waals surface area contributed by atoms with E-state index in [9.17, 15) is 4.79 Å². The van der Waals surface area contributed by atoms with E-state index in [0.29, 0.717) is 22.9 Å². The summed E-state index contributed by atoms with van der Waals surface area (Å²) in [6.07, 6.45) is 2.57. The molecule has 3 aromatic heterocycles. The van der Waals surface area contributed by atoms with E-state index in [1.165, 1.54) is 6.20 Å². The van der Waals surface area contributed by atoms with Crippen molar-refractivity contribution < 1.29 is 14.3 Å². The van der Waals surface area contributed by atoms with Gasteiger partial charge in [-0.05, 0) is 48.8 Å². The summed E-state index contributed by atoms with van der Waals surface area (Å²) < 4.78 is 11.7. The van der Waals surface area contributed by atoms with Crippen LogP contribution in [-0.4, -0.2) is 32.0 Å². The Morgan fingerprint density at radius 1 is 1.20 bits per heavy atom. The number of hydrogen-bond donors (Lipinski definition) is 1. The minimum Gasteiger partial charge on any atom is -0.475 e. The van der Waals surface area contributed by atoms with Gasteiger partial charge in [-0.3, -0.25) is 0 Å². The van der Waals surface area contributed by atoms with Crippen molar-refractivity contribution in [3.63, 3.8) is 0 Å². The highest BCUT2D eigenvalue weighted by Crippen LogP contribution is 2.21. The molecule has 0 aliphatic rings. The van der Waals surface area contributed by atoms with Crippen LogP contribution in [0.4, 0.5) is 0 Å². The fourth-order valence-electron chi connectivity index (χ4n) is 2.18. The molecule has 25 heavy (non-hydrogen) atoms. The standard InChI is InChI=1S/C17H17BrN4O3/c1-9(2)24-14-5-4-11(7-19-14)17(23)25-10(3)15-21-13-6-12(18)8-20-16(13)22-15/h4-10H,1-3H3,(H,20,21,22). The second-order valence-corrected chi connectivity index (χ2v) is 6.66. The van der Waals surface area contributed by atoms with E-state index < -0.39 is 12.1 Å². The molecule has 0 amide bonds. The van der Waals surface area contributed by atoms with Crippen molar-refractivity contribution in [3.05, 3.63) is 46.5 Å². The molecule has 7 nitrogen and oxygen atoms in total. The summed E-state index contributed by atoms with van der Waals surface area (Å²) in [4.78, 5) is 28.0. The van der Waals surface area contributed by atoms with Crippen molar-refractivity contribution in [2.45, 2.75) is 33.0 Å². The number of H-pyrrole nitrogens is 1. The van der Waals surface area contributed by atoms with E-state index in [2.05, 4.69) is 35.9 Å². The zero-order chi connectivity index (χ0) is 18.0. The second kappa shape index (κ2) is 7.18. The van der Waals surface area contributed by atoms with Crippen molar-refractivity contribution in [1.82, 2.24) is 19.9 Å². The van der Waals surface area contributed by atoms with Gasteiger partial charge in [0.2, 0.25) is 5.88 Å². The number of aromatic amines is 1. The summed E-state index contributed by atoms with van der Waals surface area (Å²) in [5.74, 6) is 0.515. The van der Waals surface area contributed by atoms with Gasteiger partial charge in [0.15, 0.2) is 11.8 Å². The number of pyridine rings is 2. The van der Waals surface area contributed by atoms with Crippen LogP contribution < -0.4 is 4.74 Å². The maximum Gasteiger partial charge on any atom is 0.340 e. The molecule has 0 radical (unpaired) electrons. The molecule has 0 saturated heterocycles. The van der Waals surface area contributed by atoms with E-state index in [-0.39, 0.29) is 6.10 Å². The molecule has 1 unspecified atom stereocenters. The number of fused-ring (bicyclic) bond motifs is 1. The lowest BCUT2D eigenvalue weighted by atomic mass is 10.3. The van der Waals surface area contributed by atoms with Crippen LogP contribution >= 0.6 is 15.9 Å². The third kappa shape index (κ3) is 4.14. The van der Waals surface area contributed by atoms with Crippen LogP contribution in [0.25, 0.3) is 11.2 Å². The van der Waals surface area contributed by atoms with Gasteiger partial charge in [0.25, 0.3) is 0 Å². The Labute approximate surface area is 152 Å². The molecule has 3 rings (SSSR count). The number of esters is 1. The van der Waals surface area contributed by atoms with Gasteiger partial charge in [-0.25, -0.2) is 19.7 Å². The first-order valence-corrected chi connectivity index (χ1v) is 8.56. The number of rotatable bonds is 5. The Balaban J connectivity index is 1.70. The van der Waals surface area contributed by atoms with Gasteiger partial charge >= 0.3 is 5.97 Å². The summed E-state index contributed by atoms with van der Waals surface area (Å²) in [6, 6.07) is 5.13. The number of halogens is 1. The maximum atomic E-state index is 12.3. The topological polar surface area (TPSA) is 90.0 Å². The quantitative estimate of drug-likeness (QED) is 0.649. The van der Waals surface area contributed by atoms with Gasteiger partial charge in [0, 0.05) is 22.9 Å². The van der Waals surface area contributed by atoms with Gasteiger partial charge in [0.05, 0.1) is 17.2 Å². The minimum absolute atomic E-state index is 0.0204. The smallest absolute Gasteiger partial charge is 0.340 e. The summed E-state index contributed by atoms with van der Waals surface area (Å²) in [6.45, 7) is 5.56. The minimum atomic E-state index is -0.549. The molecule has 0 fully saturated rings. The van der Waals surface area contributed by atoms with Crippen LogP contribution in [0.2, 0.25) is 0 Å². The van der Waals surface area contributed by atoms with E-state index >= 15 is 0 Å². The molecule has 0 aromatic carbocycles. The predicted molar refractivity (Wildman–Crippen MR) is 95.4 cm³/mol. The third-order valence-corrected chi connectivity index (χ3v) is 3.75. The predicted octanol–water partition coefficient (Wildman–Crippen LogP) is 3.82. The summed E-state index contributed by atoms with van der Waals surface area (Å²) >= 11 is 3.36. The molecule has 1 N–H and O–H groups in total. The molecule has 0 aliphatic carbocycles. The molecule has 3 aromatic rings. The van der Waals surface area contributed by atoms with Gasteiger partial charge in [-0.1, -0.05) is 0 Å². The van der Waals surface area contributed by atoms with Crippen LogP contribution in [0, 0.1) is 0 Å². The first-order valence-electron chi connectivity index (χ1n) is 7.77. The molecule has 3 heterocycles. The van der Waals surface area contributed by atoms with E-state index in [0.717, 1.165) is 9.99 Å². The SMILES string of the molecule is CC(C)Oc1ccc(C(=O)OC(C)c2nc3ncc(Br)cc3[nH]2)cn1. The Morgan fingerprint density at radius 2 is 2.00 bits per heavy atom. The van der Waals surface area contributed by atoms with E-state index in [1.54, 1.807) is 25.3 Å². The van der Waals surface area contributed by atoms with Gasteiger partial charge in [0.1, 0.15) is 5.82 Å². The average molecular weight is 405 g/mol. The normalized spacial score (nSPS) is 12.4. The summed E-state index contributed by atoms with van der Waals surface area (Å²) in [5.41, 5.74) is 1.68. The van der Waals surface area contributed by atoms with Crippen LogP contribution in [0.5, 0.6) is 5.88 Å². The maximum absolute atomic E-state index is 12.3. The van der Waals surface area contributed by atoms with Crippen molar-refractivity contribution in [3.8, 4) is 5.88 Å². The average Bonchev–Trinajstić information content (AvgIpc) is 2.98. The number of aromatic nitrogens is 4. The van der Waals surface area contributed by atoms with Crippen molar-refractivity contribution in [2.75, 3.05) is 0 Å². The summed E-state index contributed by atoms with van der Waals surface area (Å²) in [7, 11) is 0. The number of carbonyl (C=O) groups excluding carboxylic acids is 1. The number of nitrogens with zero attached hydrogens (tertiary/aromatic N) is 3. The number of carbonyl (C=O) groups is 1. The molecular formula is C17H17BrN4O3. The van der Waals surface area contributed by atoms with Crippen LogP contribution in [0.3, 0.4) is 0 Å². The van der Waals surface area contributed by atoms with Crippen molar-refractivity contribution in [1.29, 1.82) is 0 Å². The largest absolute Gasteiger partial charge is 0.475 e. The Bertz CT molecular complexity index is 893. The molecule has 0 aliphatic heterocycles. The van der Waals surface area contributed by atoms with Crippen LogP contribution in [0.1, 0.15) is 43.1 Å². The lowest BCUT2D eigenvalue weighted by molar-refractivity contribution is 0.0321. The molecule has 1 atom stereocenters. The van der Waals surface area contributed by atoms with Crippen LogP contribution in [-0.2, 0) is 4.74 Å². The van der Waals surface area contributed by atoms with E-state index in [1.807, 2.05) is 19.9 Å². The monoisotopic (exact) mass is 404 g/mol. The zero-order valence-corrected chi connectivity index (χ0v) is 15.6. The van der Waals surface area contributed by atoms with Gasteiger partial charge in [-0.15, -0.1) is 0 Å². The highest BCUT2D eigenvalue weighted by atomic mass is 79.9. The second-order valence-electron chi connectivity index (χ2n) is 5.75.